The highest BCUT2D eigenvalue weighted by atomic mass is 15.3. The van der Waals surface area contributed by atoms with Gasteiger partial charge in [0.1, 0.15) is 0 Å². The van der Waals surface area contributed by atoms with E-state index in [0.717, 1.165) is 0 Å². The Morgan fingerprint density at radius 3 is 2.20 bits per heavy atom. The van der Waals surface area contributed by atoms with Crippen LogP contribution >= 0.6 is 0 Å². The molecule has 2 nitrogen and oxygen atoms in total. The van der Waals surface area contributed by atoms with Crippen LogP contribution in [-0.4, -0.2) is 30.7 Å². The van der Waals surface area contributed by atoms with Crippen LogP contribution < -0.4 is 5.32 Å². The lowest BCUT2D eigenvalue weighted by Crippen LogP contribution is -2.47. The Balaban J connectivity index is 1.82. The maximum absolute atomic E-state index is 3.74. The third kappa shape index (κ3) is 3.76. The minimum atomic E-state index is 0.698. The molecule has 2 saturated heterocycles. The first-order chi connectivity index (χ1) is 7.47. The molecule has 2 rings (SSSR count). The summed E-state index contributed by atoms with van der Waals surface area (Å²) >= 11 is 0. The minimum Gasteiger partial charge on any atom is -0.302 e. The van der Waals surface area contributed by atoms with Crippen molar-refractivity contribution >= 4 is 0 Å². The molecule has 0 bridgehead atoms. The first-order valence-electron chi connectivity index (χ1n) is 6.94. The van der Waals surface area contributed by atoms with Crippen molar-refractivity contribution in [2.45, 2.75) is 64.0 Å². The summed E-state index contributed by atoms with van der Waals surface area (Å²) in [6.45, 7) is 3.90. The van der Waals surface area contributed by atoms with Crippen LogP contribution in [-0.2, 0) is 0 Å². The van der Waals surface area contributed by atoms with E-state index in [1.54, 1.807) is 0 Å². The first-order valence-corrected chi connectivity index (χ1v) is 6.94. The van der Waals surface area contributed by atoms with Crippen LogP contribution in [0.15, 0.2) is 0 Å². The zero-order valence-corrected chi connectivity index (χ0v) is 10.0. The van der Waals surface area contributed by atoms with Crippen molar-refractivity contribution in [3.8, 4) is 0 Å². The number of hydrogen-bond donors (Lipinski definition) is 1. The molecule has 0 aromatic carbocycles. The fourth-order valence-electron chi connectivity index (χ4n) is 2.91. The number of hydrogen-bond acceptors (Lipinski definition) is 2. The molecule has 1 atom stereocenters. The summed E-state index contributed by atoms with van der Waals surface area (Å²) in [5, 5.41) is 3.74. The van der Waals surface area contributed by atoms with Gasteiger partial charge >= 0.3 is 0 Å². The number of nitrogens with zero attached hydrogens (tertiary/aromatic N) is 1. The van der Waals surface area contributed by atoms with E-state index < -0.39 is 0 Å². The standard InChI is InChI=1S/C13H26N2/c1-2-6-10-14-13(9-5-1)15-11-7-3-4-8-12-15/h13-14H,1-12H2. The SMILES string of the molecule is C1CCCC(N2CCCCCC2)NCC1. The van der Waals surface area contributed by atoms with Gasteiger partial charge in [-0.05, 0) is 45.3 Å². The van der Waals surface area contributed by atoms with Crippen LogP contribution in [0.2, 0.25) is 0 Å². The molecule has 2 fully saturated rings. The summed E-state index contributed by atoms with van der Waals surface area (Å²) in [6, 6.07) is 0. The molecule has 1 unspecified atom stereocenters. The second kappa shape index (κ2) is 6.49. The van der Waals surface area contributed by atoms with Crippen LogP contribution in [0, 0.1) is 0 Å². The Bertz CT molecular complexity index is 154. The van der Waals surface area contributed by atoms with Crippen LogP contribution in [0.3, 0.4) is 0 Å². The van der Waals surface area contributed by atoms with Crippen LogP contribution in [0.5, 0.6) is 0 Å². The molecular weight excluding hydrogens is 184 g/mol. The predicted molar refractivity (Wildman–Crippen MR) is 64.9 cm³/mol. The van der Waals surface area contributed by atoms with E-state index in [4.69, 9.17) is 0 Å². The Morgan fingerprint density at radius 1 is 0.733 bits per heavy atom. The quantitative estimate of drug-likeness (QED) is 0.716. The van der Waals surface area contributed by atoms with Gasteiger partial charge in [-0.3, -0.25) is 4.90 Å². The average molecular weight is 210 g/mol. The van der Waals surface area contributed by atoms with Gasteiger partial charge in [0, 0.05) is 0 Å². The highest BCUT2D eigenvalue weighted by molar-refractivity contribution is 4.74. The largest absolute Gasteiger partial charge is 0.302 e. The zero-order valence-electron chi connectivity index (χ0n) is 10.0. The van der Waals surface area contributed by atoms with Gasteiger partial charge in [-0.15, -0.1) is 0 Å². The lowest BCUT2D eigenvalue weighted by Gasteiger charge is -2.32. The molecule has 0 aromatic heterocycles. The minimum absolute atomic E-state index is 0.698. The van der Waals surface area contributed by atoms with Gasteiger partial charge in [0.05, 0.1) is 6.17 Å². The molecule has 88 valence electrons. The van der Waals surface area contributed by atoms with Crippen LogP contribution in [0.25, 0.3) is 0 Å². The van der Waals surface area contributed by atoms with Crippen molar-refractivity contribution in [3.05, 3.63) is 0 Å². The molecule has 0 aromatic rings. The molecule has 0 spiro atoms. The van der Waals surface area contributed by atoms with Crippen molar-refractivity contribution in [1.29, 1.82) is 0 Å². The molecular formula is C13H26N2. The summed E-state index contributed by atoms with van der Waals surface area (Å²) in [6.07, 6.45) is 13.5. The van der Waals surface area contributed by atoms with Crippen molar-refractivity contribution in [2.24, 2.45) is 0 Å². The third-order valence-electron chi connectivity index (χ3n) is 3.87. The smallest absolute Gasteiger partial charge is 0.0597 e. The second-order valence-corrected chi connectivity index (χ2v) is 5.12. The molecule has 1 N–H and O–H groups in total. The summed E-state index contributed by atoms with van der Waals surface area (Å²) in [5.74, 6) is 0. The summed E-state index contributed by atoms with van der Waals surface area (Å²) < 4.78 is 0. The highest BCUT2D eigenvalue weighted by Gasteiger charge is 2.19. The van der Waals surface area contributed by atoms with Gasteiger partial charge in [0.15, 0.2) is 0 Å². The lowest BCUT2D eigenvalue weighted by molar-refractivity contribution is 0.152. The summed E-state index contributed by atoms with van der Waals surface area (Å²) in [4.78, 5) is 2.71. The van der Waals surface area contributed by atoms with E-state index in [-0.39, 0.29) is 0 Å². The van der Waals surface area contributed by atoms with Gasteiger partial charge < -0.3 is 5.32 Å². The van der Waals surface area contributed by atoms with Gasteiger partial charge in [-0.25, -0.2) is 0 Å². The molecule has 0 aliphatic carbocycles. The molecule has 15 heavy (non-hydrogen) atoms. The van der Waals surface area contributed by atoms with Gasteiger partial charge in [0.25, 0.3) is 0 Å². The van der Waals surface area contributed by atoms with Crippen molar-refractivity contribution < 1.29 is 0 Å². The maximum Gasteiger partial charge on any atom is 0.0597 e. The monoisotopic (exact) mass is 210 g/mol. The average Bonchev–Trinajstić information content (AvgIpc) is 2.45. The number of likely N-dealkylation sites (tertiary alicyclic amines) is 1. The zero-order chi connectivity index (χ0) is 10.3. The van der Waals surface area contributed by atoms with Gasteiger partial charge in [0.2, 0.25) is 0 Å². The molecule has 0 radical (unpaired) electrons. The van der Waals surface area contributed by atoms with E-state index in [2.05, 4.69) is 10.2 Å². The topological polar surface area (TPSA) is 15.3 Å². The first kappa shape index (κ1) is 11.4. The van der Waals surface area contributed by atoms with Gasteiger partial charge in [-0.2, -0.15) is 0 Å². The van der Waals surface area contributed by atoms with E-state index in [1.165, 1.54) is 77.4 Å². The highest BCUT2D eigenvalue weighted by Crippen LogP contribution is 2.17. The maximum atomic E-state index is 3.74. The molecule has 2 aliphatic rings. The molecule has 0 saturated carbocycles. The van der Waals surface area contributed by atoms with Crippen molar-refractivity contribution in [1.82, 2.24) is 10.2 Å². The normalized spacial score (nSPS) is 31.6. The van der Waals surface area contributed by atoms with E-state index in [1.807, 2.05) is 0 Å². The van der Waals surface area contributed by atoms with Crippen molar-refractivity contribution in [2.75, 3.05) is 19.6 Å². The lowest BCUT2D eigenvalue weighted by atomic mass is 10.1. The number of nitrogens with one attached hydrogen (secondary N) is 1. The predicted octanol–water partition coefficient (Wildman–Crippen LogP) is 2.74. The van der Waals surface area contributed by atoms with Crippen LogP contribution in [0.4, 0.5) is 0 Å². The Kier molecular flexibility index (Phi) is 4.94. The fourth-order valence-corrected chi connectivity index (χ4v) is 2.91. The Morgan fingerprint density at radius 2 is 1.40 bits per heavy atom. The molecule has 0 amide bonds. The van der Waals surface area contributed by atoms with Crippen LogP contribution in [0.1, 0.15) is 57.8 Å². The Labute approximate surface area is 94.4 Å². The number of rotatable bonds is 1. The molecule has 2 heterocycles. The molecule has 2 heteroatoms. The molecule has 2 aliphatic heterocycles. The van der Waals surface area contributed by atoms with Crippen molar-refractivity contribution in [3.63, 3.8) is 0 Å². The third-order valence-corrected chi connectivity index (χ3v) is 3.87. The van der Waals surface area contributed by atoms with E-state index in [0.29, 0.717) is 6.17 Å². The summed E-state index contributed by atoms with van der Waals surface area (Å²) in [5.41, 5.74) is 0. The fraction of sp³-hybridized carbons (Fsp3) is 1.00. The Hall–Kier alpha value is -0.0800. The van der Waals surface area contributed by atoms with E-state index >= 15 is 0 Å². The second-order valence-electron chi connectivity index (χ2n) is 5.12. The van der Waals surface area contributed by atoms with Gasteiger partial charge in [-0.1, -0.05) is 32.1 Å². The van der Waals surface area contributed by atoms with E-state index in [9.17, 15) is 0 Å². The summed E-state index contributed by atoms with van der Waals surface area (Å²) in [7, 11) is 0.